The Labute approximate surface area is 173 Å². The van der Waals surface area contributed by atoms with Crippen molar-refractivity contribution in [1.29, 1.82) is 0 Å². The van der Waals surface area contributed by atoms with E-state index in [9.17, 15) is 8.42 Å². The fraction of sp³-hybridized carbons (Fsp3) is 0.105. The number of nitrogens with zero attached hydrogens (tertiary/aromatic N) is 1. The molecule has 146 valence electrons. The van der Waals surface area contributed by atoms with Gasteiger partial charge in [-0.3, -0.25) is 5.43 Å². The van der Waals surface area contributed by atoms with Crippen molar-refractivity contribution in [3.63, 3.8) is 0 Å². The molecule has 0 saturated carbocycles. The number of halogens is 2. The first-order chi connectivity index (χ1) is 13.3. The van der Waals surface area contributed by atoms with Crippen molar-refractivity contribution in [2.24, 2.45) is 5.10 Å². The highest BCUT2D eigenvalue weighted by Gasteiger charge is 2.14. The number of benzene rings is 2. The van der Waals surface area contributed by atoms with Crippen LogP contribution in [-0.4, -0.2) is 14.1 Å². The van der Waals surface area contributed by atoms with Crippen molar-refractivity contribution in [3.05, 3.63) is 82.2 Å². The quantitative estimate of drug-likeness (QED) is 0.406. The van der Waals surface area contributed by atoms with Gasteiger partial charge in [0, 0.05) is 0 Å². The number of sulfonamides is 1. The molecule has 3 rings (SSSR count). The van der Waals surface area contributed by atoms with Gasteiger partial charge in [0.1, 0.15) is 5.76 Å². The maximum atomic E-state index is 12.4. The number of nitrogens with one attached hydrogen (secondary N) is 2. The van der Waals surface area contributed by atoms with Gasteiger partial charge in [-0.1, -0.05) is 35.3 Å². The van der Waals surface area contributed by atoms with Crippen LogP contribution in [0.1, 0.15) is 18.2 Å². The van der Waals surface area contributed by atoms with Crippen molar-refractivity contribution in [2.45, 2.75) is 18.4 Å². The van der Waals surface area contributed by atoms with Crippen molar-refractivity contribution < 1.29 is 12.8 Å². The van der Waals surface area contributed by atoms with E-state index in [1.54, 1.807) is 42.5 Å². The van der Waals surface area contributed by atoms with Crippen LogP contribution in [0.15, 0.2) is 75.3 Å². The second kappa shape index (κ2) is 8.79. The Hall–Kier alpha value is -2.32. The summed E-state index contributed by atoms with van der Waals surface area (Å²) in [4.78, 5) is 0.160. The minimum atomic E-state index is -3.64. The fourth-order valence-electron chi connectivity index (χ4n) is 2.32. The SMILES string of the molecule is C/C(=N\Nc1ccc(Cl)c(Cl)c1)c1ccc(S(=O)(=O)NCc2ccco2)cc1. The maximum Gasteiger partial charge on any atom is 0.240 e. The molecule has 0 atom stereocenters. The molecule has 0 aliphatic rings. The Morgan fingerprint density at radius 1 is 1.07 bits per heavy atom. The number of anilines is 1. The van der Waals surface area contributed by atoms with Gasteiger partial charge in [-0.05, 0) is 55.0 Å². The minimum Gasteiger partial charge on any atom is -0.468 e. The fourth-order valence-corrected chi connectivity index (χ4v) is 3.61. The summed E-state index contributed by atoms with van der Waals surface area (Å²) in [6.07, 6.45) is 1.49. The Morgan fingerprint density at radius 2 is 1.82 bits per heavy atom. The van der Waals surface area contributed by atoms with Gasteiger partial charge < -0.3 is 4.42 Å². The molecule has 0 amide bonds. The van der Waals surface area contributed by atoms with Crippen molar-refractivity contribution in [2.75, 3.05) is 5.43 Å². The molecule has 2 N–H and O–H groups in total. The molecule has 0 radical (unpaired) electrons. The van der Waals surface area contributed by atoms with Crippen molar-refractivity contribution in [3.8, 4) is 0 Å². The third-order valence-electron chi connectivity index (χ3n) is 3.87. The predicted octanol–water partition coefficient (Wildman–Crippen LogP) is 4.90. The monoisotopic (exact) mass is 437 g/mol. The first-order valence-electron chi connectivity index (χ1n) is 8.23. The molecule has 0 bridgehead atoms. The zero-order valence-electron chi connectivity index (χ0n) is 14.8. The standard InChI is InChI=1S/C19H17Cl2N3O3S/c1-13(23-24-15-6-9-18(20)19(21)11-15)14-4-7-17(8-5-14)28(25,26)22-12-16-3-2-10-27-16/h2-11,22,24H,12H2,1H3/b23-13+. The van der Waals surface area contributed by atoms with E-state index in [2.05, 4.69) is 15.2 Å². The predicted molar refractivity (Wildman–Crippen MR) is 111 cm³/mol. The highest BCUT2D eigenvalue weighted by molar-refractivity contribution is 7.89. The third kappa shape index (κ3) is 5.14. The van der Waals surface area contributed by atoms with Gasteiger partial charge in [0.2, 0.25) is 10.0 Å². The summed E-state index contributed by atoms with van der Waals surface area (Å²) in [7, 11) is -3.64. The molecule has 9 heteroatoms. The molecular formula is C19H17Cl2N3O3S. The molecule has 28 heavy (non-hydrogen) atoms. The van der Waals surface area contributed by atoms with Gasteiger partial charge in [0.05, 0.1) is 39.1 Å². The first kappa shape index (κ1) is 20.4. The van der Waals surface area contributed by atoms with Gasteiger partial charge in [-0.25, -0.2) is 13.1 Å². The van der Waals surface area contributed by atoms with Crippen LogP contribution in [0.25, 0.3) is 0 Å². The van der Waals surface area contributed by atoms with Crippen LogP contribution in [0.2, 0.25) is 10.0 Å². The van der Waals surface area contributed by atoms with E-state index in [-0.39, 0.29) is 11.4 Å². The highest BCUT2D eigenvalue weighted by atomic mass is 35.5. The van der Waals surface area contributed by atoms with Gasteiger partial charge in [-0.2, -0.15) is 5.10 Å². The summed E-state index contributed by atoms with van der Waals surface area (Å²) >= 11 is 11.9. The van der Waals surface area contributed by atoms with Crippen LogP contribution in [0.4, 0.5) is 5.69 Å². The van der Waals surface area contributed by atoms with Crippen LogP contribution in [0, 0.1) is 0 Å². The summed E-state index contributed by atoms with van der Waals surface area (Å²) < 4.78 is 32.3. The van der Waals surface area contributed by atoms with E-state index in [4.69, 9.17) is 27.6 Å². The summed E-state index contributed by atoms with van der Waals surface area (Å²) in [5.74, 6) is 0.538. The smallest absolute Gasteiger partial charge is 0.240 e. The largest absolute Gasteiger partial charge is 0.468 e. The van der Waals surface area contributed by atoms with E-state index < -0.39 is 10.0 Å². The lowest BCUT2D eigenvalue weighted by molar-refractivity contribution is 0.498. The van der Waals surface area contributed by atoms with Gasteiger partial charge >= 0.3 is 0 Å². The lowest BCUT2D eigenvalue weighted by Crippen LogP contribution is -2.23. The molecule has 0 aliphatic carbocycles. The van der Waals surface area contributed by atoms with Crippen molar-refractivity contribution >= 4 is 44.6 Å². The molecule has 3 aromatic rings. The second-order valence-electron chi connectivity index (χ2n) is 5.87. The normalized spacial score (nSPS) is 12.2. The molecule has 0 fully saturated rings. The number of rotatable bonds is 7. The molecule has 0 saturated heterocycles. The lowest BCUT2D eigenvalue weighted by atomic mass is 10.1. The Kier molecular flexibility index (Phi) is 6.41. The molecular weight excluding hydrogens is 421 g/mol. The van der Waals surface area contributed by atoms with Crippen LogP contribution in [0.5, 0.6) is 0 Å². The van der Waals surface area contributed by atoms with E-state index in [0.29, 0.717) is 27.2 Å². The summed E-state index contributed by atoms with van der Waals surface area (Å²) in [6, 6.07) is 14.9. The van der Waals surface area contributed by atoms with E-state index in [1.807, 2.05) is 6.92 Å². The number of furan rings is 1. The molecule has 0 aliphatic heterocycles. The van der Waals surface area contributed by atoms with E-state index in [0.717, 1.165) is 5.56 Å². The minimum absolute atomic E-state index is 0.0884. The Balaban J connectivity index is 1.67. The average Bonchev–Trinajstić information content (AvgIpc) is 3.21. The summed E-state index contributed by atoms with van der Waals surface area (Å²) in [5.41, 5.74) is 5.04. The molecule has 1 heterocycles. The topological polar surface area (TPSA) is 83.7 Å². The molecule has 0 unspecified atom stereocenters. The average molecular weight is 438 g/mol. The summed E-state index contributed by atoms with van der Waals surface area (Å²) in [5, 5.41) is 5.18. The Bertz CT molecular complexity index is 1080. The zero-order valence-corrected chi connectivity index (χ0v) is 17.1. The molecule has 0 spiro atoms. The van der Waals surface area contributed by atoms with Crippen LogP contribution >= 0.6 is 23.2 Å². The maximum absolute atomic E-state index is 12.4. The third-order valence-corrected chi connectivity index (χ3v) is 6.03. The van der Waals surface area contributed by atoms with Gasteiger partial charge in [0.25, 0.3) is 0 Å². The molecule has 2 aromatic carbocycles. The zero-order chi connectivity index (χ0) is 20.1. The van der Waals surface area contributed by atoms with Gasteiger partial charge in [-0.15, -0.1) is 0 Å². The Morgan fingerprint density at radius 3 is 2.46 bits per heavy atom. The molecule has 6 nitrogen and oxygen atoms in total. The highest BCUT2D eigenvalue weighted by Crippen LogP contribution is 2.25. The van der Waals surface area contributed by atoms with Crippen LogP contribution in [0.3, 0.4) is 0 Å². The molecule has 1 aromatic heterocycles. The lowest BCUT2D eigenvalue weighted by Gasteiger charge is -2.08. The number of hydrazone groups is 1. The van der Waals surface area contributed by atoms with E-state index in [1.165, 1.54) is 18.4 Å². The number of hydrogen-bond donors (Lipinski definition) is 2. The second-order valence-corrected chi connectivity index (χ2v) is 8.45. The van der Waals surface area contributed by atoms with Crippen LogP contribution < -0.4 is 10.1 Å². The van der Waals surface area contributed by atoms with Crippen LogP contribution in [-0.2, 0) is 16.6 Å². The van der Waals surface area contributed by atoms with E-state index >= 15 is 0 Å². The van der Waals surface area contributed by atoms with Gasteiger partial charge in [0.15, 0.2) is 0 Å². The first-order valence-corrected chi connectivity index (χ1v) is 10.5. The number of hydrogen-bond acceptors (Lipinski definition) is 5. The summed E-state index contributed by atoms with van der Waals surface area (Å²) in [6.45, 7) is 1.90. The van der Waals surface area contributed by atoms with Crippen molar-refractivity contribution in [1.82, 2.24) is 4.72 Å².